The van der Waals surface area contributed by atoms with Crippen LogP contribution in [0.3, 0.4) is 0 Å². The van der Waals surface area contributed by atoms with Crippen molar-refractivity contribution >= 4 is 35.5 Å². The number of β-lactam (4-membered cyclic amide) rings is 1. The lowest BCUT2D eigenvalue weighted by atomic mass is 9.92. The molecule has 0 saturated carbocycles. The van der Waals surface area contributed by atoms with Crippen LogP contribution in [0, 0.1) is 0 Å². The maximum atomic E-state index is 13.2. The van der Waals surface area contributed by atoms with Crippen LogP contribution in [-0.2, 0) is 35.7 Å². The lowest BCUT2D eigenvalue weighted by Gasteiger charge is -2.55. The molecule has 3 atom stereocenters. The van der Waals surface area contributed by atoms with E-state index in [9.17, 15) is 34.5 Å². The van der Waals surface area contributed by atoms with E-state index in [0.717, 1.165) is 23.8 Å². The molecular weight excluding hydrogens is 500 g/mol. The van der Waals surface area contributed by atoms with E-state index in [0.29, 0.717) is 5.16 Å². The van der Waals surface area contributed by atoms with Crippen molar-refractivity contribution in [2.45, 2.75) is 23.0 Å². The third kappa shape index (κ3) is 4.14. The molecule has 1 saturated heterocycles. The Hall–Kier alpha value is -4.02. The number of benzene rings is 1. The quantitative estimate of drug-likeness (QED) is 0.134. The van der Waals surface area contributed by atoms with Crippen molar-refractivity contribution < 1.29 is 44.0 Å². The molecule has 0 radical (unpaired) electrons. The highest BCUT2D eigenvalue weighted by Gasteiger charge is 2.68. The van der Waals surface area contributed by atoms with Gasteiger partial charge in [-0.05, 0) is 33.7 Å². The molecule has 1 aromatic carbocycles. The Bertz CT molecular complexity index is 1260. The Morgan fingerprint density at radius 2 is 2.00 bits per heavy atom. The van der Waals surface area contributed by atoms with Gasteiger partial charge in [0.1, 0.15) is 11.4 Å². The van der Waals surface area contributed by atoms with Gasteiger partial charge in [0.05, 0.1) is 6.61 Å². The number of nitrogens with one attached hydrogen (secondary N) is 1. The number of methoxy groups -OCH3 is 1. The van der Waals surface area contributed by atoms with Gasteiger partial charge in [-0.2, -0.15) is 0 Å². The van der Waals surface area contributed by atoms with Crippen molar-refractivity contribution in [3.63, 3.8) is 0 Å². The second-order valence-electron chi connectivity index (χ2n) is 7.76. The van der Waals surface area contributed by atoms with Crippen molar-refractivity contribution in [2.24, 2.45) is 7.05 Å². The predicted octanol–water partition coefficient (Wildman–Crippen LogP) is -1.13. The minimum atomic E-state index is -2.14. The van der Waals surface area contributed by atoms with Crippen LogP contribution >= 0.6 is 11.8 Å². The number of hydrogen-bond acceptors (Lipinski definition) is 11. The first kappa shape index (κ1) is 25.1. The summed E-state index contributed by atoms with van der Waals surface area (Å²) in [5.74, 6) is -6.73. The minimum Gasteiger partial charge on any atom is -0.508 e. The Balaban J connectivity index is 1.58. The zero-order valence-electron chi connectivity index (χ0n) is 18.8. The number of ether oxygens (including phenoxy) is 2. The fourth-order valence-corrected chi connectivity index (χ4v) is 4.72. The number of thioether (sulfide) groups is 1. The van der Waals surface area contributed by atoms with Crippen molar-refractivity contribution in [3.05, 3.63) is 41.1 Å². The number of carboxylic acid groups (broad SMARTS) is 2. The number of carbonyl (C=O) groups is 4. The van der Waals surface area contributed by atoms with E-state index in [1.807, 2.05) is 0 Å². The van der Waals surface area contributed by atoms with Gasteiger partial charge < -0.3 is 30.1 Å². The summed E-state index contributed by atoms with van der Waals surface area (Å²) in [5.41, 5.74) is -2.17. The molecule has 4 N–H and O–H groups in total. The van der Waals surface area contributed by atoms with Crippen LogP contribution in [0.1, 0.15) is 11.5 Å². The number of aromatic hydroxyl groups is 1. The molecule has 36 heavy (non-hydrogen) atoms. The highest BCUT2D eigenvalue weighted by Crippen LogP contribution is 2.41. The second kappa shape index (κ2) is 9.56. The molecule has 190 valence electrons. The fourth-order valence-electron chi connectivity index (χ4n) is 3.88. The molecule has 1 aromatic heterocycles. The number of phenols is 1. The molecule has 4 rings (SSSR count). The number of carboxylic acids is 2. The van der Waals surface area contributed by atoms with E-state index >= 15 is 0 Å². The van der Waals surface area contributed by atoms with Crippen molar-refractivity contribution in [1.29, 1.82) is 0 Å². The van der Waals surface area contributed by atoms with Crippen LogP contribution in [0.25, 0.3) is 0 Å². The van der Waals surface area contributed by atoms with E-state index in [2.05, 4.69) is 20.8 Å². The van der Waals surface area contributed by atoms with E-state index in [1.165, 1.54) is 28.9 Å². The monoisotopic (exact) mass is 520 g/mol. The topological polar surface area (TPSA) is 206 Å². The van der Waals surface area contributed by atoms with Gasteiger partial charge >= 0.3 is 11.9 Å². The van der Waals surface area contributed by atoms with Gasteiger partial charge in [-0.3, -0.25) is 19.3 Å². The lowest BCUT2D eigenvalue weighted by Crippen LogP contribution is -2.82. The van der Waals surface area contributed by atoms with Gasteiger partial charge in [0.2, 0.25) is 11.1 Å². The normalized spacial score (nSPS) is 22.0. The van der Waals surface area contributed by atoms with Gasteiger partial charge in [0, 0.05) is 19.9 Å². The highest BCUT2D eigenvalue weighted by atomic mass is 32.2. The molecule has 3 heterocycles. The molecule has 1 fully saturated rings. The lowest BCUT2D eigenvalue weighted by molar-refractivity contribution is -0.258. The van der Waals surface area contributed by atoms with Gasteiger partial charge in [0.25, 0.3) is 11.6 Å². The Kier molecular flexibility index (Phi) is 6.66. The first-order valence-corrected chi connectivity index (χ1v) is 11.2. The molecule has 2 aliphatic heterocycles. The minimum absolute atomic E-state index is 0.0425. The molecule has 2 aromatic rings. The van der Waals surface area contributed by atoms with Crippen molar-refractivity contribution in [3.8, 4) is 5.75 Å². The number of nitrogens with zero attached hydrogens (tertiary/aromatic N) is 5. The number of tetrazole rings is 1. The summed E-state index contributed by atoms with van der Waals surface area (Å²) in [4.78, 5) is 51.0. The molecule has 0 bridgehead atoms. The smallest absolute Gasteiger partial charge is 0.352 e. The molecular formula is C20H20N6O9S. The summed E-state index contributed by atoms with van der Waals surface area (Å²) in [6.07, 6.45) is -1.36. The third-order valence-corrected chi connectivity index (χ3v) is 6.73. The standard InChI is InChI=1S/C20H20N6O9S/c1-25-19(22-23-24-25)36-8-10-7-35-18-20(34-2,17(33)26(18)13(10)16(31)32)21-14(28)12(15(29)30)9-3-5-11(27)6-4-9/h3-6,12,18,27H,7-8H2,1-2H3,(H,21,28)(H,29,30)(H,31,32)/t12?,18?,20-/m1/s1. The number of carbonyl (C=O) groups excluding carboxylic acids is 2. The Labute approximate surface area is 206 Å². The number of hydrogen-bond donors (Lipinski definition) is 4. The summed E-state index contributed by atoms with van der Waals surface area (Å²) in [6.45, 7) is -0.213. The van der Waals surface area contributed by atoms with Crippen LogP contribution in [0.2, 0.25) is 0 Å². The zero-order chi connectivity index (χ0) is 26.2. The molecule has 0 aliphatic carbocycles. The van der Waals surface area contributed by atoms with Crippen molar-refractivity contribution in [1.82, 2.24) is 30.4 Å². The van der Waals surface area contributed by atoms with E-state index in [1.54, 1.807) is 7.05 Å². The van der Waals surface area contributed by atoms with E-state index in [-0.39, 0.29) is 34.9 Å². The molecule has 2 amide bonds. The SMILES string of the molecule is CO[C@]1(NC(=O)C(C(=O)O)c2ccc(O)cc2)C(=O)N2C(C(=O)O)=C(CSc3nnnn3C)COC21. The Morgan fingerprint density at radius 1 is 1.31 bits per heavy atom. The molecule has 0 spiro atoms. The number of rotatable bonds is 9. The van der Waals surface area contributed by atoms with Crippen LogP contribution in [0.4, 0.5) is 0 Å². The Morgan fingerprint density at radius 3 is 2.56 bits per heavy atom. The van der Waals surface area contributed by atoms with Crippen LogP contribution in [0.15, 0.2) is 40.7 Å². The van der Waals surface area contributed by atoms with Crippen LogP contribution in [0.5, 0.6) is 5.75 Å². The van der Waals surface area contributed by atoms with Gasteiger partial charge in [-0.25, -0.2) is 9.48 Å². The summed E-state index contributed by atoms with van der Waals surface area (Å²) in [6, 6.07) is 4.93. The predicted molar refractivity (Wildman–Crippen MR) is 117 cm³/mol. The fraction of sp³-hybridized carbons (Fsp3) is 0.350. The number of aryl methyl sites for hydroxylation is 1. The second-order valence-corrected chi connectivity index (χ2v) is 8.70. The van der Waals surface area contributed by atoms with E-state index in [4.69, 9.17) is 9.47 Å². The molecule has 2 unspecified atom stereocenters. The number of amides is 2. The van der Waals surface area contributed by atoms with Crippen LogP contribution in [-0.4, -0.2) is 95.6 Å². The van der Waals surface area contributed by atoms with Gasteiger partial charge in [0.15, 0.2) is 12.1 Å². The zero-order valence-corrected chi connectivity index (χ0v) is 19.6. The average Bonchev–Trinajstić information content (AvgIpc) is 3.25. The van der Waals surface area contributed by atoms with Gasteiger partial charge in [-0.15, -0.1) is 5.10 Å². The van der Waals surface area contributed by atoms with Crippen LogP contribution < -0.4 is 5.32 Å². The number of aromatic nitrogens is 4. The summed E-state index contributed by atoms with van der Waals surface area (Å²) < 4.78 is 12.4. The molecule has 2 aliphatic rings. The van der Waals surface area contributed by atoms with Gasteiger partial charge in [-0.1, -0.05) is 23.9 Å². The summed E-state index contributed by atoms with van der Waals surface area (Å²) in [5, 5.41) is 42.6. The maximum absolute atomic E-state index is 13.2. The van der Waals surface area contributed by atoms with Crippen molar-refractivity contribution in [2.75, 3.05) is 19.5 Å². The first-order chi connectivity index (χ1) is 17.1. The number of aliphatic carboxylic acids is 2. The van der Waals surface area contributed by atoms with E-state index < -0.39 is 41.6 Å². The molecule has 15 nitrogen and oxygen atoms in total. The first-order valence-electron chi connectivity index (χ1n) is 10.2. The maximum Gasteiger partial charge on any atom is 0.352 e. The number of fused-ring (bicyclic) bond motifs is 1. The summed E-state index contributed by atoms with van der Waals surface area (Å²) in [7, 11) is 2.71. The largest absolute Gasteiger partial charge is 0.508 e. The molecule has 16 heteroatoms. The summed E-state index contributed by atoms with van der Waals surface area (Å²) >= 11 is 1.14. The number of phenolic OH excluding ortho intramolecular Hbond substituents is 1. The third-order valence-electron chi connectivity index (χ3n) is 5.64. The average molecular weight is 520 g/mol. The highest BCUT2D eigenvalue weighted by molar-refractivity contribution is 7.99.